The Kier molecular flexibility index (Phi) is 4.41. The Bertz CT molecular complexity index is 434. The van der Waals surface area contributed by atoms with Gasteiger partial charge in [0.2, 0.25) is 5.91 Å². The van der Waals surface area contributed by atoms with Crippen LogP contribution in [0.2, 0.25) is 0 Å². The van der Waals surface area contributed by atoms with Crippen LogP contribution in [0, 0.1) is 10.1 Å². The second-order valence-electron chi connectivity index (χ2n) is 3.37. The molecule has 0 saturated carbocycles. The number of amides is 1. The molecule has 1 amide bonds. The summed E-state index contributed by atoms with van der Waals surface area (Å²) >= 11 is 0. The molecule has 0 aliphatic heterocycles. The lowest BCUT2D eigenvalue weighted by atomic mass is 10.2. The van der Waals surface area contributed by atoms with Crippen LogP contribution in [0.15, 0.2) is 18.2 Å². The molecular weight excluding hydrogens is 226 g/mol. The van der Waals surface area contributed by atoms with Crippen molar-refractivity contribution < 1.29 is 14.8 Å². The van der Waals surface area contributed by atoms with Crippen LogP contribution < -0.4 is 11.1 Å². The second kappa shape index (κ2) is 5.80. The maximum atomic E-state index is 11.4. The number of nitro benzene ring substituents is 1. The third kappa shape index (κ3) is 3.42. The topological polar surface area (TPSA) is 118 Å². The molecule has 1 aromatic carbocycles. The maximum absolute atomic E-state index is 11.4. The van der Waals surface area contributed by atoms with Crippen LogP contribution in [-0.2, 0) is 4.79 Å². The number of nitrogens with one attached hydrogen (secondary N) is 1. The first kappa shape index (κ1) is 12.9. The predicted octanol–water partition coefficient (Wildman–Crippen LogP) is 0.978. The molecule has 0 aromatic heterocycles. The molecule has 0 aliphatic carbocycles. The molecule has 4 N–H and O–H groups in total. The highest BCUT2D eigenvalue weighted by atomic mass is 16.6. The van der Waals surface area contributed by atoms with Crippen molar-refractivity contribution in [1.29, 1.82) is 0 Å². The van der Waals surface area contributed by atoms with E-state index in [2.05, 4.69) is 5.32 Å². The third-order valence-electron chi connectivity index (χ3n) is 2.09. The summed E-state index contributed by atoms with van der Waals surface area (Å²) < 4.78 is 0. The van der Waals surface area contributed by atoms with Gasteiger partial charge in [0.25, 0.3) is 5.69 Å². The number of anilines is 1. The van der Waals surface area contributed by atoms with Crippen molar-refractivity contribution in [2.75, 3.05) is 11.9 Å². The number of para-hydroxylation sites is 1. The summed E-state index contributed by atoms with van der Waals surface area (Å²) in [5, 5.41) is 22.5. The number of nitrogens with zero attached hydrogens (tertiary/aromatic N) is 1. The van der Waals surface area contributed by atoms with Crippen molar-refractivity contribution in [3.05, 3.63) is 28.3 Å². The van der Waals surface area contributed by atoms with Crippen LogP contribution in [0.4, 0.5) is 11.4 Å². The Morgan fingerprint density at radius 3 is 2.82 bits per heavy atom. The first-order valence-corrected chi connectivity index (χ1v) is 5.02. The van der Waals surface area contributed by atoms with Crippen LogP contribution in [0.5, 0.6) is 5.75 Å². The molecule has 7 heteroatoms. The molecule has 0 atom stereocenters. The lowest BCUT2D eigenvalue weighted by Crippen LogP contribution is -2.14. The van der Waals surface area contributed by atoms with Gasteiger partial charge in [0.05, 0.1) is 4.92 Å². The lowest BCUT2D eigenvalue weighted by Gasteiger charge is -2.07. The number of nitro groups is 1. The van der Waals surface area contributed by atoms with E-state index in [1.807, 2.05) is 0 Å². The zero-order valence-electron chi connectivity index (χ0n) is 9.05. The van der Waals surface area contributed by atoms with E-state index in [1.54, 1.807) is 0 Å². The molecule has 0 heterocycles. The van der Waals surface area contributed by atoms with Crippen LogP contribution in [0.1, 0.15) is 12.8 Å². The highest BCUT2D eigenvalue weighted by molar-refractivity contribution is 5.94. The molecule has 1 rings (SSSR count). The number of rotatable bonds is 5. The Hall–Kier alpha value is -2.15. The number of phenols is 1. The number of nitrogens with two attached hydrogens (primary N) is 1. The summed E-state index contributed by atoms with van der Waals surface area (Å²) in [5.41, 5.74) is 4.72. The molecule has 0 saturated heterocycles. The van der Waals surface area contributed by atoms with E-state index in [1.165, 1.54) is 18.2 Å². The fraction of sp³-hybridized carbons (Fsp3) is 0.300. The summed E-state index contributed by atoms with van der Waals surface area (Å²) in [6, 6.07) is 3.81. The zero-order chi connectivity index (χ0) is 12.8. The summed E-state index contributed by atoms with van der Waals surface area (Å²) in [6.07, 6.45) is 0.634. The fourth-order valence-corrected chi connectivity index (χ4v) is 1.27. The molecule has 0 spiro atoms. The molecule has 17 heavy (non-hydrogen) atoms. The van der Waals surface area contributed by atoms with Gasteiger partial charge in [-0.3, -0.25) is 14.9 Å². The summed E-state index contributed by atoms with van der Waals surface area (Å²) in [5.74, 6) is -0.750. The van der Waals surface area contributed by atoms with Gasteiger partial charge in [-0.1, -0.05) is 6.07 Å². The molecule has 7 nitrogen and oxygen atoms in total. The third-order valence-corrected chi connectivity index (χ3v) is 2.09. The van der Waals surface area contributed by atoms with E-state index < -0.39 is 10.8 Å². The predicted molar refractivity (Wildman–Crippen MR) is 61.7 cm³/mol. The van der Waals surface area contributed by atoms with Crippen molar-refractivity contribution in [1.82, 2.24) is 0 Å². The Morgan fingerprint density at radius 1 is 1.53 bits per heavy atom. The SMILES string of the molecule is NCCCC(=O)Nc1c(O)cccc1[N+](=O)[O-]. The van der Waals surface area contributed by atoms with Gasteiger partial charge in [-0.15, -0.1) is 0 Å². The standard InChI is InChI=1S/C10H13N3O4/c11-6-2-5-9(15)12-10-7(13(16)17)3-1-4-8(10)14/h1,3-4,14H,2,5-6,11H2,(H,12,15). The number of carbonyl (C=O) groups is 1. The van der Waals surface area contributed by atoms with Gasteiger partial charge in [-0.05, 0) is 19.0 Å². The Morgan fingerprint density at radius 2 is 2.24 bits per heavy atom. The quantitative estimate of drug-likeness (QED) is 0.402. The summed E-state index contributed by atoms with van der Waals surface area (Å²) in [6.45, 7) is 0.357. The van der Waals surface area contributed by atoms with E-state index in [0.29, 0.717) is 13.0 Å². The van der Waals surface area contributed by atoms with Gasteiger partial charge in [0.15, 0.2) is 5.69 Å². The van der Waals surface area contributed by atoms with Crippen LogP contribution >= 0.6 is 0 Å². The van der Waals surface area contributed by atoms with Crippen molar-refractivity contribution >= 4 is 17.3 Å². The van der Waals surface area contributed by atoms with Gasteiger partial charge in [-0.25, -0.2) is 0 Å². The maximum Gasteiger partial charge on any atom is 0.296 e. The summed E-state index contributed by atoms with van der Waals surface area (Å²) in [7, 11) is 0. The minimum absolute atomic E-state index is 0.155. The minimum Gasteiger partial charge on any atom is -0.505 e. The molecule has 0 aliphatic rings. The van der Waals surface area contributed by atoms with Gasteiger partial charge in [-0.2, -0.15) is 0 Å². The van der Waals surface area contributed by atoms with Crippen molar-refractivity contribution in [2.45, 2.75) is 12.8 Å². The van der Waals surface area contributed by atoms with Crippen LogP contribution in [0.25, 0.3) is 0 Å². The normalized spacial score (nSPS) is 9.94. The van der Waals surface area contributed by atoms with E-state index >= 15 is 0 Å². The van der Waals surface area contributed by atoms with E-state index in [9.17, 15) is 20.0 Å². The number of aromatic hydroxyl groups is 1. The molecule has 0 radical (unpaired) electrons. The van der Waals surface area contributed by atoms with Crippen molar-refractivity contribution in [3.63, 3.8) is 0 Å². The van der Waals surface area contributed by atoms with Gasteiger partial charge < -0.3 is 16.2 Å². The highest BCUT2D eigenvalue weighted by Crippen LogP contribution is 2.33. The first-order chi connectivity index (χ1) is 8.06. The monoisotopic (exact) mass is 239 g/mol. The molecule has 0 unspecified atom stereocenters. The first-order valence-electron chi connectivity index (χ1n) is 5.02. The molecule has 92 valence electrons. The smallest absolute Gasteiger partial charge is 0.296 e. The summed E-state index contributed by atoms with van der Waals surface area (Å²) in [4.78, 5) is 21.4. The van der Waals surface area contributed by atoms with Crippen molar-refractivity contribution in [2.24, 2.45) is 5.73 Å². The van der Waals surface area contributed by atoms with Crippen molar-refractivity contribution in [3.8, 4) is 5.75 Å². The van der Waals surface area contributed by atoms with Crippen LogP contribution in [0.3, 0.4) is 0 Å². The minimum atomic E-state index is -0.668. The molecular formula is C10H13N3O4. The Balaban J connectivity index is 2.89. The number of phenolic OH excluding ortho intramolecular Hbond substituents is 1. The van der Waals surface area contributed by atoms with Gasteiger partial charge >= 0.3 is 0 Å². The van der Waals surface area contributed by atoms with E-state index in [-0.39, 0.29) is 23.5 Å². The molecule has 0 fully saturated rings. The Labute approximate surface area is 97.4 Å². The van der Waals surface area contributed by atoms with E-state index in [0.717, 1.165) is 0 Å². The highest BCUT2D eigenvalue weighted by Gasteiger charge is 2.18. The average Bonchev–Trinajstić information content (AvgIpc) is 2.28. The zero-order valence-corrected chi connectivity index (χ0v) is 9.05. The van der Waals surface area contributed by atoms with Gasteiger partial charge in [0, 0.05) is 12.5 Å². The van der Waals surface area contributed by atoms with Gasteiger partial charge in [0.1, 0.15) is 5.75 Å². The van der Waals surface area contributed by atoms with Crippen LogP contribution in [-0.4, -0.2) is 22.5 Å². The number of carbonyl (C=O) groups excluding carboxylic acids is 1. The second-order valence-corrected chi connectivity index (χ2v) is 3.37. The average molecular weight is 239 g/mol. The fourth-order valence-electron chi connectivity index (χ4n) is 1.27. The van der Waals surface area contributed by atoms with E-state index in [4.69, 9.17) is 5.73 Å². The molecule has 0 bridgehead atoms. The lowest BCUT2D eigenvalue weighted by molar-refractivity contribution is -0.384. The largest absolute Gasteiger partial charge is 0.505 e. The number of hydrogen-bond donors (Lipinski definition) is 3. The number of hydrogen-bond acceptors (Lipinski definition) is 5. The number of benzene rings is 1. The molecule has 1 aromatic rings.